The number of nitrogens with zero attached hydrogens (tertiary/aromatic N) is 3. The smallest absolute Gasteiger partial charge is 0.266 e. The molecule has 0 N–H and O–H groups in total. The Bertz CT molecular complexity index is 1590. The molecule has 196 valence electrons. The van der Waals surface area contributed by atoms with E-state index in [0.717, 1.165) is 16.9 Å². The number of rotatable bonds is 8. The van der Waals surface area contributed by atoms with Crippen LogP contribution in [0, 0.1) is 0 Å². The zero-order valence-corrected chi connectivity index (χ0v) is 22.3. The molecule has 0 bridgehead atoms. The average molecular weight is 518 g/mol. The van der Waals surface area contributed by atoms with Crippen molar-refractivity contribution in [2.75, 3.05) is 13.7 Å². The predicted octanol–water partition coefficient (Wildman–Crippen LogP) is 6.14. The normalized spacial score (nSPS) is 11.9. The van der Waals surface area contributed by atoms with Crippen LogP contribution < -0.4 is 10.3 Å². The molecule has 1 unspecified atom stereocenters. The average Bonchev–Trinajstić information content (AvgIpc) is 2.98. The van der Waals surface area contributed by atoms with E-state index in [1.807, 2.05) is 117 Å². The van der Waals surface area contributed by atoms with Gasteiger partial charge < -0.3 is 9.64 Å². The Balaban J connectivity index is 1.61. The number of likely N-dealkylation sites (N-methyl/N-ethyl adjacent to an activating group) is 1. The minimum absolute atomic E-state index is 0.0828. The maximum atomic E-state index is 14.2. The molecule has 1 heterocycles. The van der Waals surface area contributed by atoms with Gasteiger partial charge in [-0.05, 0) is 61.4 Å². The summed E-state index contributed by atoms with van der Waals surface area (Å²) in [5.41, 5.74) is 2.88. The number of carbonyl (C=O) groups is 1. The fourth-order valence-corrected chi connectivity index (χ4v) is 4.87. The van der Waals surface area contributed by atoms with Crippen molar-refractivity contribution in [1.82, 2.24) is 14.5 Å². The van der Waals surface area contributed by atoms with Crippen molar-refractivity contribution in [3.05, 3.63) is 136 Å². The first kappa shape index (κ1) is 25.9. The molecule has 0 saturated carbocycles. The van der Waals surface area contributed by atoms with Crippen LogP contribution in [0.5, 0.6) is 5.75 Å². The molecule has 1 aromatic heterocycles. The lowest BCUT2D eigenvalue weighted by molar-refractivity contribution is -0.132. The van der Waals surface area contributed by atoms with Gasteiger partial charge in [-0.3, -0.25) is 14.2 Å². The van der Waals surface area contributed by atoms with E-state index in [4.69, 9.17) is 9.72 Å². The topological polar surface area (TPSA) is 64.4 Å². The van der Waals surface area contributed by atoms with Crippen LogP contribution in [-0.4, -0.2) is 34.0 Å². The third-order valence-electron chi connectivity index (χ3n) is 7.02. The molecule has 39 heavy (non-hydrogen) atoms. The lowest BCUT2D eigenvalue weighted by Gasteiger charge is -2.30. The quantitative estimate of drug-likeness (QED) is 0.248. The van der Waals surface area contributed by atoms with E-state index >= 15 is 0 Å². The lowest BCUT2D eigenvalue weighted by Crippen LogP contribution is -2.37. The minimum Gasteiger partial charge on any atom is -0.494 e. The number of fused-ring (bicyclic) bond motifs is 1. The molecular formula is C33H31N3O3. The maximum Gasteiger partial charge on any atom is 0.266 e. The van der Waals surface area contributed by atoms with Gasteiger partial charge in [-0.25, -0.2) is 4.98 Å². The SMILES string of the molecule is CCOc1ccc(-n2c(C(C)N(C)C(=O)C(c3ccccc3)c3ccccc3)nc3ccccc3c2=O)cc1. The van der Waals surface area contributed by atoms with E-state index in [9.17, 15) is 9.59 Å². The summed E-state index contributed by atoms with van der Waals surface area (Å²) in [6.45, 7) is 4.39. The summed E-state index contributed by atoms with van der Waals surface area (Å²) in [7, 11) is 1.77. The summed E-state index contributed by atoms with van der Waals surface area (Å²) in [6.07, 6.45) is 0. The van der Waals surface area contributed by atoms with Gasteiger partial charge in [-0.15, -0.1) is 0 Å². The van der Waals surface area contributed by atoms with E-state index in [1.54, 1.807) is 22.6 Å². The van der Waals surface area contributed by atoms with Crippen molar-refractivity contribution in [3.63, 3.8) is 0 Å². The molecule has 1 atom stereocenters. The highest BCUT2D eigenvalue weighted by atomic mass is 16.5. The monoisotopic (exact) mass is 517 g/mol. The van der Waals surface area contributed by atoms with Gasteiger partial charge in [0, 0.05) is 7.05 Å². The van der Waals surface area contributed by atoms with E-state index in [-0.39, 0.29) is 11.5 Å². The number of hydrogen-bond donors (Lipinski definition) is 0. The number of amides is 1. The molecule has 0 aliphatic heterocycles. The Labute approximate surface area is 228 Å². The third-order valence-corrected chi connectivity index (χ3v) is 7.02. The fourth-order valence-electron chi connectivity index (χ4n) is 4.87. The molecule has 0 radical (unpaired) electrons. The summed E-state index contributed by atoms with van der Waals surface area (Å²) >= 11 is 0. The standard InChI is InChI=1S/C33H31N3O3/c1-4-39-27-21-19-26(20-22-27)36-31(34-29-18-12-11-17-28(29)32(36)37)23(2)35(3)33(38)30(24-13-7-5-8-14-24)25-15-9-6-10-16-25/h5-23,30H,4H2,1-3H3. The van der Waals surface area contributed by atoms with Gasteiger partial charge in [-0.2, -0.15) is 0 Å². The lowest BCUT2D eigenvalue weighted by atomic mass is 9.89. The summed E-state index contributed by atoms with van der Waals surface area (Å²) < 4.78 is 7.20. The van der Waals surface area contributed by atoms with Crippen LogP contribution in [0.1, 0.15) is 42.8 Å². The number of aromatic nitrogens is 2. The second kappa shape index (κ2) is 11.4. The van der Waals surface area contributed by atoms with Crippen molar-refractivity contribution in [3.8, 4) is 11.4 Å². The summed E-state index contributed by atoms with van der Waals surface area (Å²) in [5, 5.41) is 0.516. The van der Waals surface area contributed by atoms with Gasteiger partial charge in [0.1, 0.15) is 11.6 Å². The molecule has 5 aromatic rings. The zero-order valence-electron chi connectivity index (χ0n) is 22.3. The van der Waals surface area contributed by atoms with Gasteiger partial charge >= 0.3 is 0 Å². The van der Waals surface area contributed by atoms with Crippen molar-refractivity contribution < 1.29 is 9.53 Å². The van der Waals surface area contributed by atoms with Crippen molar-refractivity contribution in [2.45, 2.75) is 25.8 Å². The van der Waals surface area contributed by atoms with Crippen LogP contribution in [0.15, 0.2) is 114 Å². The van der Waals surface area contributed by atoms with E-state index in [0.29, 0.717) is 29.0 Å². The number of carbonyl (C=O) groups excluding carboxylic acids is 1. The number of benzene rings is 4. The minimum atomic E-state index is -0.503. The maximum absolute atomic E-state index is 14.2. The zero-order chi connectivity index (χ0) is 27.4. The van der Waals surface area contributed by atoms with E-state index < -0.39 is 12.0 Å². The first-order chi connectivity index (χ1) is 19.0. The van der Waals surface area contributed by atoms with Gasteiger partial charge in [-0.1, -0.05) is 72.8 Å². The molecule has 0 spiro atoms. The predicted molar refractivity (Wildman–Crippen MR) is 154 cm³/mol. The Morgan fingerprint density at radius 3 is 2.00 bits per heavy atom. The molecule has 0 fully saturated rings. The highest BCUT2D eigenvalue weighted by Crippen LogP contribution is 2.30. The molecule has 6 nitrogen and oxygen atoms in total. The Morgan fingerprint density at radius 1 is 0.846 bits per heavy atom. The molecule has 0 saturated heterocycles. The van der Waals surface area contributed by atoms with Crippen LogP contribution in [-0.2, 0) is 4.79 Å². The Hall–Kier alpha value is -4.71. The first-order valence-corrected chi connectivity index (χ1v) is 13.1. The molecule has 0 aliphatic carbocycles. The molecule has 0 aliphatic rings. The fraction of sp³-hybridized carbons (Fsp3) is 0.182. The van der Waals surface area contributed by atoms with Crippen molar-refractivity contribution >= 4 is 16.8 Å². The molecule has 5 rings (SSSR count). The molecular weight excluding hydrogens is 486 g/mol. The number of ether oxygens (including phenoxy) is 1. The van der Waals surface area contributed by atoms with Gasteiger partial charge in [0.2, 0.25) is 5.91 Å². The van der Waals surface area contributed by atoms with Crippen LogP contribution in [0.3, 0.4) is 0 Å². The van der Waals surface area contributed by atoms with E-state index in [1.165, 1.54) is 0 Å². The van der Waals surface area contributed by atoms with Crippen LogP contribution >= 0.6 is 0 Å². The number of para-hydroxylation sites is 1. The third kappa shape index (κ3) is 5.18. The second-order valence-electron chi connectivity index (χ2n) is 9.43. The molecule has 4 aromatic carbocycles. The van der Waals surface area contributed by atoms with Crippen molar-refractivity contribution in [1.29, 1.82) is 0 Å². The summed E-state index contributed by atoms with van der Waals surface area (Å²) in [6, 6.07) is 33.7. The molecule has 1 amide bonds. The summed E-state index contributed by atoms with van der Waals surface area (Å²) in [4.78, 5) is 34.6. The van der Waals surface area contributed by atoms with E-state index in [2.05, 4.69) is 0 Å². The second-order valence-corrected chi connectivity index (χ2v) is 9.43. The largest absolute Gasteiger partial charge is 0.494 e. The van der Waals surface area contributed by atoms with Gasteiger partial charge in [0.05, 0.1) is 35.2 Å². The molecule has 6 heteroatoms. The van der Waals surface area contributed by atoms with Crippen LogP contribution in [0.4, 0.5) is 0 Å². The number of hydrogen-bond acceptors (Lipinski definition) is 4. The highest BCUT2D eigenvalue weighted by Gasteiger charge is 2.31. The Kier molecular flexibility index (Phi) is 7.55. The van der Waals surface area contributed by atoms with Crippen LogP contribution in [0.25, 0.3) is 16.6 Å². The van der Waals surface area contributed by atoms with Gasteiger partial charge in [0.15, 0.2) is 0 Å². The highest BCUT2D eigenvalue weighted by molar-refractivity contribution is 5.87. The Morgan fingerprint density at radius 2 is 1.41 bits per heavy atom. The van der Waals surface area contributed by atoms with Crippen LogP contribution in [0.2, 0.25) is 0 Å². The van der Waals surface area contributed by atoms with Gasteiger partial charge in [0.25, 0.3) is 5.56 Å². The first-order valence-electron chi connectivity index (χ1n) is 13.1. The summed E-state index contributed by atoms with van der Waals surface area (Å²) in [5.74, 6) is 0.628. The van der Waals surface area contributed by atoms with Crippen molar-refractivity contribution in [2.24, 2.45) is 0 Å².